The number of hydrogen-bond donors (Lipinski definition) is 1. The summed E-state index contributed by atoms with van der Waals surface area (Å²) in [6.07, 6.45) is 0. The normalized spacial score (nSPS) is 10.6. The van der Waals surface area contributed by atoms with Crippen LogP contribution in [0.25, 0.3) is 10.9 Å². The first-order chi connectivity index (χ1) is 8.80. The van der Waals surface area contributed by atoms with Crippen molar-refractivity contribution in [1.82, 2.24) is 4.98 Å². The molecule has 2 N–H and O–H groups in total. The van der Waals surface area contributed by atoms with Gasteiger partial charge in [0, 0.05) is 11.9 Å². The molecule has 1 aromatic heterocycles. The van der Waals surface area contributed by atoms with Crippen molar-refractivity contribution in [1.29, 1.82) is 0 Å². The Morgan fingerprint density at radius 3 is 2.33 bits per heavy atom. The van der Waals surface area contributed by atoms with E-state index < -0.39 is 0 Å². The zero-order valence-corrected chi connectivity index (χ0v) is 10.8. The van der Waals surface area contributed by atoms with Gasteiger partial charge in [-0.25, -0.2) is 4.98 Å². The van der Waals surface area contributed by atoms with Crippen LogP contribution in [-0.4, -0.2) is 18.2 Å². The molecule has 0 unspecified atom stereocenters. The van der Waals surface area contributed by atoms with Crippen LogP contribution >= 0.6 is 0 Å². The summed E-state index contributed by atoms with van der Waals surface area (Å²) in [5, 5.41) is 0.958. The number of rotatable bonds is 5. The Hall–Kier alpha value is -1.81. The van der Waals surface area contributed by atoms with Gasteiger partial charge in [0.25, 0.3) is 0 Å². The van der Waals surface area contributed by atoms with E-state index in [4.69, 9.17) is 15.2 Å². The van der Waals surface area contributed by atoms with Crippen molar-refractivity contribution in [3.8, 4) is 11.5 Å². The number of ether oxygens (including phenoxy) is 2. The molecule has 0 aliphatic heterocycles. The number of benzene rings is 1. The lowest BCUT2D eigenvalue weighted by molar-refractivity contribution is 0.336. The molecule has 2 aromatic rings. The number of hydrogen-bond acceptors (Lipinski definition) is 4. The molecule has 18 heavy (non-hydrogen) atoms. The summed E-state index contributed by atoms with van der Waals surface area (Å²) in [4.78, 5) is 4.53. The van der Waals surface area contributed by atoms with Gasteiger partial charge in [-0.15, -0.1) is 0 Å². The topological polar surface area (TPSA) is 57.4 Å². The molecule has 0 aliphatic carbocycles. The van der Waals surface area contributed by atoms with Crippen LogP contribution < -0.4 is 15.2 Å². The first-order valence-electron chi connectivity index (χ1n) is 6.18. The maximum Gasteiger partial charge on any atom is 0.145 e. The summed E-state index contributed by atoms with van der Waals surface area (Å²) >= 11 is 0. The lowest BCUT2D eigenvalue weighted by Gasteiger charge is -2.12. The van der Waals surface area contributed by atoms with E-state index in [9.17, 15) is 0 Å². The smallest absolute Gasteiger partial charge is 0.145 e. The molecule has 4 heteroatoms. The highest BCUT2D eigenvalue weighted by Crippen LogP contribution is 2.32. The van der Waals surface area contributed by atoms with Crippen LogP contribution in [0.15, 0.2) is 24.3 Å². The second kappa shape index (κ2) is 5.69. The average Bonchev–Trinajstić information content (AvgIpc) is 2.41. The van der Waals surface area contributed by atoms with Gasteiger partial charge in [-0.1, -0.05) is 0 Å². The minimum absolute atomic E-state index is 0.417. The zero-order valence-electron chi connectivity index (χ0n) is 10.8. The van der Waals surface area contributed by atoms with Crippen molar-refractivity contribution < 1.29 is 9.47 Å². The number of aromatic nitrogens is 1. The fourth-order valence-electron chi connectivity index (χ4n) is 1.87. The lowest BCUT2D eigenvalue weighted by Crippen LogP contribution is -2.02. The second-order valence-electron chi connectivity index (χ2n) is 3.83. The molecule has 0 bridgehead atoms. The van der Waals surface area contributed by atoms with E-state index in [0.717, 1.165) is 28.1 Å². The molecule has 0 fully saturated rings. The molecule has 4 nitrogen and oxygen atoms in total. The number of nitrogens with zero attached hydrogens (tertiary/aromatic N) is 1. The van der Waals surface area contributed by atoms with Gasteiger partial charge in [0.2, 0.25) is 0 Å². The van der Waals surface area contributed by atoms with E-state index in [0.29, 0.717) is 19.8 Å². The third-order valence-corrected chi connectivity index (χ3v) is 2.65. The predicted molar refractivity (Wildman–Crippen MR) is 72.0 cm³/mol. The highest BCUT2D eigenvalue weighted by Gasteiger charge is 2.09. The number of pyridine rings is 1. The van der Waals surface area contributed by atoms with E-state index in [1.165, 1.54) is 0 Å². The van der Waals surface area contributed by atoms with E-state index in [-0.39, 0.29) is 0 Å². The highest BCUT2D eigenvalue weighted by atomic mass is 16.5. The van der Waals surface area contributed by atoms with E-state index >= 15 is 0 Å². The fraction of sp³-hybridized carbons (Fsp3) is 0.357. The van der Waals surface area contributed by atoms with E-state index in [1.54, 1.807) is 0 Å². The van der Waals surface area contributed by atoms with Crippen molar-refractivity contribution in [2.24, 2.45) is 5.73 Å². The standard InChI is InChI=1S/C14H18N2O2/c1-3-17-12-7-8-13(18-4-2)14-11(12)6-5-10(9-15)16-14/h5-8H,3-4,9,15H2,1-2H3. The van der Waals surface area contributed by atoms with Crippen LogP contribution in [0.1, 0.15) is 19.5 Å². The number of fused-ring (bicyclic) bond motifs is 1. The van der Waals surface area contributed by atoms with Gasteiger partial charge < -0.3 is 15.2 Å². The maximum absolute atomic E-state index is 5.63. The molecule has 1 aromatic carbocycles. The van der Waals surface area contributed by atoms with Gasteiger partial charge in [0.05, 0.1) is 18.9 Å². The van der Waals surface area contributed by atoms with Gasteiger partial charge in [0.1, 0.15) is 17.0 Å². The summed E-state index contributed by atoms with van der Waals surface area (Å²) in [5.41, 5.74) is 7.28. The molecule has 96 valence electrons. The lowest BCUT2D eigenvalue weighted by atomic mass is 10.1. The van der Waals surface area contributed by atoms with Crippen LogP contribution in [0.2, 0.25) is 0 Å². The molecule has 0 spiro atoms. The first-order valence-corrected chi connectivity index (χ1v) is 6.18. The van der Waals surface area contributed by atoms with Crippen LogP contribution in [0.3, 0.4) is 0 Å². The largest absolute Gasteiger partial charge is 0.493 e. The third kappa shape index (κ3) is 2.38. The van der Waals surface area contributed by atoms with E-state index in [1.807, 2.05) is 38.1 Å². The Labute approximate surface area is 107 Å². The van der Waals surface area contributed by atoms with Gasteiger partial charge in [-0.2, -0.15) is 0 Å². The minimum Gasteiger partial charge on any atom is -0.493 e. The summed E-state index contributed by atoms with van der Waals surface area (Å²) in [5.74, 6) is 1.60. The molecule has 1 heterocycles. The Kier molecular flexibility index (Phi) is 3.99. The van der Waals surface area contributed by atoms with Crippen LogP contribution in [0.4, 0.5) is 0 Å². The summed E-state index contributed by atoms with van der Waals surface area (Å²) < 4.78 is 11.2. The average molecular weight is 246 g/mol. The van der Waals surface area contributed by atoms with Gasteiger partial charge in [-0.05, 0) is 38.1 Å². The van der Waals surface area contributed by atoms with Gasteiger partial charge in [0.15, 0.2) is 0 Å². The monoisotopic (exact) mass is 246 g/mol. The molecule has 2 rings (SSSR count). The Bertz CT molecular complexity index is 541. The van der Waals surface area contributed by atoms with Gasteiger partial charge in [-0.3, -0.25) is 0 Å². The predicted octanol–water partition coefficient (Wildman–Crippen LogP) is 2.49. The van der Waals surface area contributed by atoms with Crippen molar-refractivity contribution in [3.63, 3.8) is 0 Å². The summed E-state index contributed by atoms with van der Waals surface area (Å²) in [6.45, 7) is 5.57. The van der Waals surface area contributed by atoms with E-state index in [2.05, 4.69) is 4.98 Å². The molecule has 0 saturated heterocycles. The summed E-state index contributed by atoms with van der Waals surface area (Å²) in [6, 6.07) is 7.71. The quantitative estimate of drug-likeness (QED) is 0.880. The first kappa shape index (κ1) is 12.6. The minimum atomic E-state index is 0.417. The molecular weight excluding hydrogens is 228 g/mol. The number of nitrogens with two attached hydrogens (primary N) is 1. The van der Waals surface area contributed by atoms with Gasteiger partial charge >= 0.3 is 0 Å². The molecular formula is C14H18N2O2. The third-order valence-electron chi connectivity index (χ3n) is 2.65. The second-order valence-corrected chi connectivity index (χ2v) is 3.83. The summed E-state index contributed by atoms with van der Waals surface area (Å²) in [7, 11) is 0. The molecule has 0 amide bonds. The maximum atomic E-state index is 5.63. The molecule has 0 atom stereocenters. The van der Waals surface area contributed by atoms with Crippen molar-refractivity contribution >= 4 is 10.9 Å². The highest BCUT2D eigenvalue weighted by molar-refractivity contribution is 5.90. The fourth-order valence-corrected chi connectivity index (χ4v) is 1.87. The zero-order chi connectivity index (χ0) is 13.0. The Morgan fingerprint density at radius 1 is 1.00 bits per heavy atom. The van der Waals surface area contributed by atoms with Crippen molar-refractivity contribution in [2.45, 2.75) is 20.4 Å². The van der Waals surface area contributed by atoms with Crippen molar-refractivity contribution in [3.05, 3.63) is 30.0 Å². The molecule has 0 radical (unpaired) electrons. The molecule has 0 saturated carbocycles. The van der Waals surface area contributed by atoms with Crippen LogP contribution in [0, 0.1) is 0 Å². The Balaban J connectivity index is 2.61. The van der Waals surface area contributed by atoms with Crippen molar-refractivity contribution in [2.75, 3.05) is 13.2 Å². The molecule has 0 aliphatic rings. The van der Waals surface area contributed by atoms with Crippen LogP contribution in [0.5, 0.6) is 11.5 Å². The SMILES string of the molecule is CCOc1ccc(OCC)c2nc(CN)ccc12. The Morgan fingerprint density at radius 2 is 1.67 bits per heavy atom. The van der Waals surface area contributed by atoms with Crippen LogP contribution in [-0.2, 0) is 6.54 Å².